The Hall–Kier alpha value is -1.06. The van der Waals surface area contributed by atoms with Crippen LogP contribution >= 0.6 is 0 Å². The first-order chi connectivity index (χ1) is 9.01. The molecule has 106 valence electrons. The lowest BCUT2D eigenvalue weighted by atomic mass is 9.88. The summed E-state index contributed by atoms with van der Waals surface area (Å²) in [4.78, 5) is 2.45. The molecular weight excluding hydrogens is 238 g/mol. The molecule has 3 heteroatoms. The molecule has 3 nitrogen and oxygen atoms in total. The zero-order valence-corrected chi connectivity index (χ0v) is 12.2. The highest BCUT2D eigenvalue weighted by atomic mass is 16.5. The van der Waals surface area contributed by atoms with Crippen LogP contribution in [0.3, 0.4) is 0 Å². The monoisotopic (exact) mass is 263 g/mol. The smallest absolute Gasteiger partial charge is 0.119 e. The van der Waals surface area contributed by atoms with Crippen molar-refractivity contribution in [3.8, 4) is 5.75 Å². The van der Waals surface area contributed by atoms with Crippen molar-refractivity contribution >= 4 is 0 Å². The summed E-state index contributed by atoms with van der Waals surface area (Å²) in [6.45, 7) is 9.02. The summed E-state index contributed by atoms with van der Waals surface area (Å²) >= 11 is 0. The number of nitrogens with zero attached hydrogens (tertiary/aromatic N) is 1. The van der Waals surface area contributed by atoms with Crippen LogP contribution in [0.4, 0.5) is 0 Å². The molecule has 1 aliphatic heterocycles. The lowest BCUT2D eigenvalue weighted by Gasteiger charge is -2.44. The Kier molecular flexibility index (Phi) is 4.48. The Morgan fingerprint density at radius 1 is 1.32 bits per heavy atom. The Labute approximate surface area is 116 Å². The number of ether oxygens (including phenoxy) is 1. The summed E-state index contributed by atoms with van der Waals surface area (Å²) in [6.07, 6.45) is 1.58. The maximum Gasteiger partial charge on any atom is 0.119 e. The molecule has 1 atom stereocenters. The van der Waals surface area contributed by atoms with E-state index in [1.165, 1.54) is 5.56 Å². The van der Waals surface area contributed by atoms with E-state index in [1.54, 1.807) is 0 Å². The fourth-order valence-electron chi connectivity index (χ4n) is 2.79. The van der Waals surface area contributed by atoms with Gasteiger partial charge in [-0.25, -0.2) is 0 Å². The summed E-state index contributed by atoms with van der Waals surface area (Å²) in [6, 6.07) is 8.33. The number of rotatable bonds is 4. The van der Waals surface area contributed by atoms with Gasteiger partial charge in [-0.15, -0.1) is 0 Å². The summed E-state index contributed by atoms with van der Waals surface area (Å²) in [5, 5.41) is 9.78. The van der Waals surface area contributed by atoms with E-state index in [-0.39, 0.29) is 11.6 Å². The lowest BCUT2D eigenvalue weighted by Crippen LogP contribution is -2.50. The van der Waals surface area contributed by atoms with E-state index in [2.05, 4.69) is 30.9 Å². The molecule has 1 aromatic carbocycles. The van der Waals surface area contributed by atoms with Crippen molar-refractivity contribution in [1.29, 1.82) is 0 Å². The van der Waals surface area contributed by atoms with Crippen molar-refractivity contribution in [2.45, 2.75) is 51.8 Å². The van der Waals surface area contributed by atoms with Crippen molar-refractivity contribution in [2.24, 2.45) is 0 Å². The summed E-state index contributed by atoms with van der Waals surface area (Å²) in [5.74, 6) is 0.930. The molecule has 0 aromatic heterocycles. The van der Waals surface area contributed by atoms with Crippen molar-refractivity contribution in [3.63, 3.8) is 0 Å². The highest BCUT2D eigenvalue weighted by molar-refractivity contribution is 5.27. The molecule has 19 heavy (non-hydrogen) atoms. The minimum absolute atomic E-state index is 0.0657. The number of aliphatic hydroxyl groups excluding tert-OH is 1. The predicted octanol–water partition coefficient (Wildman–Crippen LogP) is 2.82. The van der Waals surface area contributed by atoms with Crippen LogP contribution < -0.4 is 4.74 Å². The van der Waals surface area contributed by atoms with E-state index in [1.807, 2.05) is 19.1 Å². The Bertz CT molecular complexity index is 400. The predicted molar refractivity (Wildman–Crippen MR) is 77.3 cm³/mol. The minimum Gasteiger partial charge on any atom is -0.494 e. The summed E-state index contributed by atoms with van der Waals surface area (Å²) < 4.78 is 5.46. The number of benzene rings is 1. The molecule has 1 fully saturated rings. The number of hydrogen-bond donors (Lipinski definition) is 1. The van der Waals surface area contributed by atoms with Gasteiger partial charge in [-0.3, -0.25) is 4.90 Å². The van der Waals surface area contributed by atoms with Gasteiger partial charge < -0.3 is 9.84 Å². The average Bonchev–Trinajstić information content (AvgIpc) is 2.35. The van der Waals surface area contributed by atoms with Crippen LogP contribution in [0.25, 0.3) is 0 Å². The minimum atomic E-state index is -0.147. The molecule has 1 saturated heterocycles. The molecule has 0 spiro atoms. The van der Waals surface area contributed by atoms with Gasteiger partial charge in [-0.2, -0.15) is 0 Å². The molecule has 1 aliphatic rings. The van der Waals surface area contributed by atoms with E-state index >= 15 is 0 Å². The van der Waals surface area contributed by atoms with Gasteiger partial charge in [0.05, 0.1) is 12.7 Å². The van der Waals surface area contributed by atoms with E-state index in [4.69, 9.17) is 4.74 Å². The molecule has 0 radical (unpaired) electrons. The van der Waals surface area contributed by atoms with E-state index in [9.17, 15) is 5.11 Å². The summed E-state index contributed by atoms with van der Waals surface area (Å²) in [7, 11) is 0. The van der Waals surface area contributed by atoms with E-state index in [0.29, 0.717) is 6.61 Å². The van der Waals surface area contributed by atoms with Gasteiger partial charge in [-0.1, -0.05) is 12.1 Å². The third-order valence-corrected chi connectivity index (χ3v) is 3.93. The van der Waals surface area contributed by atoms with Crippen LogP contribution in [0.2, 0.25) is 0 Å². The highest BCUT2D eigenvalue weighted by Crippen LogP contribution is 2.29. The topological polar surface area (TPSA) is 32.7 Å². The SMILES string of the molecule is CCOc1ccc(CN2CCC(O)CC2(C)C)cc1. The van der Waals surface area contributed by atoms with Crippen LogP contribution in [-0.4, -0.2) is 34.8 Å². The van der Waals surface area contributed by atoms with Crippen LogP contribution in [0.1, 0.15) is 39.2 Å². The quantitative estimate of drug-likeness (QED) is 0.906. The van der Waals surface area contributed by atoms with Gasteiger partial charge in [0, 0.05) is 18.6 Å². The Balaban J connectivity index is 2.00. The number of likely N-dealkylation sites (tertiary alicyclic amines) is 1. The van der Waals surface area contributed by atoms with Crippen LogP contribution in [0.15, 0.2) is 24.3 Å². The first kappa shape index (κ1) is 14.4. The Morgan fingerprint density at radius 2 is 2.00 bits per heavy atom. The largest absolute Gasteiger partial charge is 0.494 e. The molecule has 1 aromatic rings. The second-order valence-electron chi connectivity index (χ2n) is 5.96. The zero-order valence-electron chi connectivity index (χ0n) is 12.2. The fraction of sp³-hybridized carbons (Fsp3) is 0.625. The highest BCUT2D eigenvalue weighted by Gasteiger charge is 2.33. The molecule has 0 amide bonds. The molecule has 0 saturated carbocycles. The molecule has 1 N–H and O–H groups in total. The standard InChI is InChI=1S/C16H25NO2/c1-4-19-15-7-5-13(6-8-15)12-17-10-9-14(18)11-16(17,2)3/h5-8,14,18H,4,9-12H2,1-3H3. The van der Waals surface area contributed by atoms with Crippen LogP contribution in [0, 0.1) is 0 Å². The van der Waals surface area contributed by atoms with E-state index < -0.39 is 0 Å². The number of aliphatic hydroxyl groups is 1. The van der Waals surface area contributed by atoms with Crippen molar-refractivity contribution in [1.82, 2.24) is 4.90 Å². The van der Waals surface area contributed by atoms with Crippen LogP contribution in [0.5, 0.6) is 5.75 Å². The van der Waals surface area contributed by atoms with Gasteiger partial charge in [0.1, 0.15) is 5.75 Å². The maximum absolute atomic E-state index is 9.78. The third kappa shape index (κ3) is 3.71. The van der Waals surface area contributed by atoms with E-state index in [0.717, 1.165) is 31.7 Å². The van der Waals surface area contributed by atoms with Gasteiger partial charge in [0.2, 0.25) is 0 Å². The molecule has 0 aliphatic carbocycles. The maximum atomic E-state index is 9.78. The fourth-order valence-corrected chi connectivity index (χ4v) is 2.79. The van der Waals surface area contributed by atoms with Gasteiger partial charge in [-0.05, 0) is 51.3 Å². The first-order valence-electron chi connectivity index (χ1n) is 7.16. The normalized spacial score (nSPS) is 23.3. The van der Waals surface area contributed by atoms with Crippen LogP contribution in [-0.2, 0) is 6.54 Å². The average molecular weight is 263 g/mol. The van der Waals surface area contributed by atoms with Gasteiger partial charge in [0.25, 0.3) is 0 Å². The van der Waals surface area contributed by atoms with Gasteiger partial charge in [0.15, 0.2) is 0 Å². The molecule has 2 rings (SSSR count). The van der Waals surface area contributed by atoms with Crippen molar-refractivity contribution in [3.05, 3.63) is 29.8 Å². The first-order valence-corrected chi connectivity index (χ1v) is 7.16. The third-order valence-electron chi connectivity index (χ3n) is 3.93. The number of hydrogen-bond acceptors (Lipinski definition) is 3. The Morgan fingerprint density at radius 3 is 2.58 bits per heavy atom. The molecule has 0 bridgehead atoms. The molecule has 1 heterocycles. The zero-order chi connectivity index (χ0) is 13.9. The second kappa shape index (κ2) is 5.93. The molecular formula is C16H25NO2. The number of piperidine rings is 1. The summed E-state index contributed by atoms with van der Waals surface area (Å²) in [5.41, 5.74) is 1.36. The lowest BCUT2D eigenvalue weighted by molar-refractivity contribution is -0.00717. The van der Waals surface area contributed by atoms with Crippen molar-refractivity contribution in [2.75, 3.05) is 13.2 Å². The van der Waals surface area contributed by atoms with Gasteiger partial charge >= 0.3 is 0 Å². The second-order valence-corrected chi connectivity index (χ2v) is 5.96. The van der Waals surface area contributed by atoms with Crippen molar-refractivity contribution < 1.29 is 9.84 Å². The molecule has 1 unspecified atom stereocenters.